The molecule has 26 heavy (non-hydrogen) atoms. The van der Waals surface area contributed by atoms with E-state index in [2.05, 4.69) is 15.3 Å². The third-order valence-electron chi connectivity index (χ3n) is 3.80. The number of fused-ring (bicyclic) bond motifs is 1. The van der Waals surface area contributed by atoms with Crippen molar-refractivity contribution in [3.8, 4) is 0 Å². The van der Waals surface area contributed by atoms with Crippen LogP contribution in [0.3, 0.4) is 0 Å². The quantitative estimate of drug-likeness (QED) is 0.676. The lowest BCUT2D eigenvalue weighted by Crippen LogP contribution is -2.22. The molecule has 2 amide bonds. The van der Waals surface area contributed by atoms with Crippen molar-refractivity contribution in [1.82, 2.24) is 9.97 Å². The van der Waals surface area contributed by atoms with Gasteiger partial charge in [0.05, 0.1) is 22.0 Å². The van der Waals surface area contributed by atoms with Crippen LogP contribution in [-0.4, -0.2) is 27.0 Å². The zero-order valence-electron chi connectivity index (χ0n) is 14.4. The van der Waals surface area contributed by atoms with Gasteiger partial charge in [0.15, 0.2) is 0 Å². The van der Waals surface area contributed by atoms with Crippen LogP contribution in [0.5, 0.6) is 0 Å². The summed E-state index contributed by atoms with van der Waals surface area (Å²) >= 11 is 1.36. The van der Waals surface area contributed by atoms with Crippen molar-refractivity contribution < 1.29 is 9.59 Å². The molecule has 3 rings (SSSR count). The van der Waals surface area contributed by atoms with Crippen molar-refractivity contribution in [2.45, 2.75) is 24.1 Å². The number of anilines is 1. The van der Waals surface area contributed by atoms with Gasteiger partial charge < -0.3 is 11.1 Å². The Morgan fingerprint density at radius 3 is 2.27 bits per heavy atom. The highest BCUT2D eigenvalue weighted by Crippen LogP contribution is 2.26. The molecule has 2 aromatic carbocycles. The zero-order valence-corrected chi connectivity index (χ0v) is 15.2. The van der Waals surface area contributed by atoms with Crippen LogP contribution in [0.1, 0.15) is 23.0 Å². The first-order valence-corrected chi connectivity index (χ1v) is 8.93. The summed E-state index contributed by atoms with van der Waals surface area (Å²) in [6.45, 7) is 3.70. The molecule has 0 radical (unpaired) electrons. The number of hydrogen-bond acceptors (Lipinski definition) is 5. The van der Waals surface area contributed by atoms with E-state index >= 15 is 0 Å². The normalized spacial score (nSPS) is 11.9. The van der Waals surface area contributed by atoms with Crippen LogP contribution >= 0.6 is 11.8 Å². The number of benzene rings is 2. The Morgan fingerprint density at radius 1 is 1.04 bits per heavy atom. The highest BCUT2D eigenvalue weighted by atomic mass is 32.2. The third kappa shape index (κ3) is 4.00. The second kappa shape index (κ2) is 7.53. The van der Waals surface area contributed by atoms with Crippen LogP contribution < -0.4 is 11.1 Å². The molecular formula is C19H18N4O2S. The van der Waals surface area contributed by atoms with Gasteiger partial charge in [-0.1, -0.05) is 23.9 Å². The lowest BCUT2D eigenvalue weighted by Gasteiger charge is -2.13. The summed E-state index contributed by atoms with van der Waals surface area (Å²) in [6.07, 6.45) is 0. The molecule has 7 heteroatoms. The summed E-state index contributed by atoms with van der Waals surface area (Å²) in [5.41, 5.74) is 8.64. The number of para-hydroxylation sites is 2. The third-order valence-corrected chi connectivity index (χ3v) is 4.97. The Hall–Kier alpha value is -2.93. The van der Waals surface area contributed by atoms with Crippen molar-refractivity contribution in [1.29, 1.82) is 0 Å². The molecule has 0 aliphatic rings. The number of hydrogen-bond donors (Lipinski definition) is 2. The molecular weight excluding hydrogens is 348 g/mol. The van der Waals surface area contributed by atoms with E-state index in [4.69, 9.17) is 5.73 Å². The molecule has 6 nitrogen and oxygen atoms in total. The number of rotatable bonds is 5. The van der Waals surface area contributed by atoms with Crippen molar-refractivity contribution >= 4 is 40.3 Å². The van der Waals surface area contributed by atoms with Crippen molar-refractivity contribution in [3.05, 3.63) is 59.8 Å². The van der Waals surface area contributed by atoms with E-state index in [1.54, 1.807) is 24.3 Å². The molecule has 1 atom stereocenters. The van der Waals surface area contributed by atoms with E-state index in [0.29, 0.717) is 11.3 Å². The Bertz CT molecular complexity index is 973. The van der Waals surface area contributed by atoms with Gasteiger partial charge >= 0.3 is 0 Å². The molecule has 3 aromatic rings. The Labute approximate surface area is 155 Å². The summed E-state index contributed by atoms with van der Waals surface area (Å²) in [7, 11) is 0. The molecule has 0 fully saturated rings. The molecule has 0 saturated carbocycles. The molecule has 0 aliphatic heterocycles. The van der Waals surface area contributed by atoms with Crippen LogP contribution in [0.2, 0.25) is 0 Å². The number of nitrogens with one attached hydrogen (secondary N) is 1. The van der Waals surface area contributed by atoms with Crippen molar-refractivity contribution in [3.63, 3.8) is 0 Å². The minimum atomic E-state index is -0.503. The number of nitrogens with two attached hydrogens (primary N) is 1. The molecule has 1 heterocycles. The number of primary amides is 1. The largest absolute Gasteiger partial charge is 0.366 e. The second-order valence-corrected chi connectivity index (χ2v) is 7.12. The first-order chi connectivity index (χ1) is 12.4. The monoisotopic (exact) mass is 366 g/mol. The van der Waals surface area contributed by atoms with Gasteiger partial charge in [0.2, 0.25) is 11.8 Å². The summed E-state index contributed by atoms with van der Waals surface area (Å²) in [5.74, 6) is -0.659. The number of nitrogens with zero attached hydrogens (tertiary/aromatic N) is 2. The van der Waals surface area contributed by atoms with Gasteiger partial charge in [-0.2, -0.15) is 0 Å². The zero-order chi connectivity index (χ0) is 18.7. The fourth-order valence-corrected chi connectivity index (χ4v) is 3.23. The Balaban J connectivity index is 1.71. The van der Waals surface area contributed by atoms with Crippen LogP contribution in [-0.2, 0) is 4.79 Å². The highest BCUT2D eigenvalue weighted by Gasteiger charge is 2.17. The van der Waals surface area contributed by atoms with Gasteiger partial charge in [-0.3, -0.25) is 9.59 Å². The number of thioether (sulfide) groups is 1. The molecule has 0 saturated heterocycles. The average molecular weight is 366 g/mol. The second-order valence-electron chi connectivity index (χ2n) is 5.79. The van der Waals surface area contributed by atoms with Gasteiger partial charge in [-0.05, 0) is 50.2 Å². The Morgan fingerprint density at radius 2 is 1.65 bits per heavy atom. The lowest BCUT2D eigenvalue weighted by atomic mass is 10.2. The number of carbonyl (C=O) groups excluding carboxylic acids is 2. The predicted molar refractivity (Wildman–Crippen MR) is 103 cm³/mol. The van der Waals surface area contributed by atoms with Gasteiger partial charge in [0.25, 0.3) is 0 Å². The van der Waals surface area contributed by atoms with E-state index in [-0.39, 0.29) is 11.2 Å². The molecule has 132 valence electrons. The SMILES string of the molecule is Cc1nc2ccccc2nc1SC(C)C(=O)Nc1ccc(C(N)=O)cc1. The predicted octanol–water partition coefficient (Wildman–Crippen LogP) is 3.16. The minimum Gasteiger partial charge on any atom is -0.366 e. The summed E-state index contributed by atoms with van der Waals surface area (Å²) < 4.78 is 0. The smallest absolute Gasteiger partial charge is 0.248 e. The van der Waals surface area contributed by atoms with E-state index in [0.717, 1.165) is 21.8 Å². The maximum absolute atomic E-state index is 12.4. The molecule has 0 bridgehead atoms. The number of aryl methyl sites for hydroxylation is 1. The van der Waals surface area contributed by atoms with Gasteiger partial charge in [-0.15, -0.1) is 0 Å². The highest BCUT2D eigenvalue weighted by molar-refractivity contribution is 8.00. The van der Waals surface area contributed by atoms with Crippen molar-refractivity contribution in [2.24, 2.45) is 5.73 Å². The molecule has 0 spiro atoms. The first kappa shape index (κ1) is 17.9. The molecule has 1 aromatic heterocycles. The standard InChI is InChI=1S/C19H18N4O2S/c1-11-19(23-16-6-4-3-5-15(16)21-11)26-12(2)18(25)22-14-9-7-13(8-10-14)17(20)24/h3-10,12H,1-2H3,(H2,20,24)(H,22,25). The van der Waals surface area contributed by atoms with Crippen LogP contribution in [0.25, 0.3) is 11.0 Å². The maximum atomic E-state index is 12.4. The van der Waals surface area contributed by atoms with E-state index < -0.39 is 5.91 Å². The molecule has 3 N–H and O–H groups in total. The summed E-state index contributed by atoms with van der Waals surface area (Å²) in [5, 5.41) is 3.20. The fraction of sp³-hybridized carbons (Fsp3) is 0.158. The van der Waals surface area contributed by atoms with E-state index in [1.807, 2.05) is 38.1 Å². The van der Waals surface area contributed by atoms with E-state index in [1.165, 1.54) is 11.8 Å². The van der Waals surface area contributed by atoms with Crippen molar-refractivity contribution in [2.75, 3.05) is 5.32 Å². The van der Waals surface area contributed by atoms with Crippen LogP contribution in [0.4, 0.5) is 5.69 Å². The molecule has 1 unspecified atom stereocenters. The summed E-state index contributed by atoms with van der Waals surface area (Å²) in [6, 6.07) is 14.1. The fourth-order valence-electron chi connectivity index (χ4n) is 2.37. The van der Waals surface area contributed by atoms with Gasteiger partial charge in [-0.25, -0.2) is 9.97 Å². The molecule has 0 aliphatic carbocycles. The summed E-state index contributed by atoms with van der Waals surface area (Å²) in [4.78, 5) is 32.7. The topological polar surface area (TPSA) is 98.0 Å². The average Bonchev–Trinajstić information content (AvgIpc) is 2.62. The number of amides is 2. The van der Waals surface area contributed by atoms with Gasteiger partial charge in [0.1, 0.15) is 5.03 Å². The number of carbonyl (C=O) groups is 2. The minimum absolute atomic E-state index is 0.156. The number of aromatic nitrogens is 2. The Kier molecular flexibility index (Phi) is 5.18. The van der Waals surface area contributed by atoms with Crippen LogP contribution in [0.15, 0.2) is 53.6 Å². The maximum Gasteiger partial charge on any atom is 0.248 e. The van der Waals surface area contributed by atoms with Crippen LogP contribution in [0, 0.1) is 6.92 Å². The van der Waals surface area contributed by atoms with E-state index in [9.17, 15) is 9.59 Å². The van der Waals surface area contributed by atoms with Gasteiger partial charge in [0, 0.05) is 11.3 Å². The first-order valence-electron chi connectivity index (χ1n) is 8.05. The lowest BCUT2D eigenvalue weighted by molar-refractivity contribution is -0.115.